The fraction of sp³-hybridized carbons (Fsp3) is 0.208. The van der Waals surface area contributed by atoms with Crippen LogP contribution in [0.15, 0.2) is 58.3 Å². The maximum absolute atomic E-state index is 13.0. The molecular weight excluding hydrogens is 476 g/mol. The molecule has 0 aliphatic rings. The number of para-hydroxylation sites is 1. The van der Waals surface area contributed by atoms with Crippen LogP contribution in [0.4, 0.5) is 0 Å². The van der Waals surface area contributed by atoms with Gasteiger partial charge >= 0.3 is 5.97 Å². The summed E-state index contributed by atoms with van der Waals surface area (Å²) in [5, 5.41) is 9.53. The highest BCUT2D eigenvalue weighted by Gasteiger charge is 2.13. The van der Waals surface area contributed by atoms with Gasteiger partial charge in [0, 0.05) is 6.54 Å². The van der Waals surface area contributed by atoms with Crippen LogP contribution in [0.3, 0.4) is 0 Å². The SMILES string of the molecule is C=CCOc1c(Br)cc(C=Cc2nc3ccccc3c(=O)n2CCC(=O)O)cc1OCC. The first-order chi connectivity index (χ1) is 15.4. The van der Waals surface area contributed by atoms with Crippen LogP contribution >= 0.6 is 15.9 Å². The van der Waals surface area contributed by atoms with E-state index in [9.17, 15) is 9.59 Å². The maximum atomic E-state index is 13.0. The van der Waals surface area contributed by atoms with Crippen LogP contribution in [0.2, 0.25) is 0 Å². The summed E-state index contributed by atoms with van der Waals surface area (Å²) in [6.07, 6.45) is 4.95. The molecule has 8 heteroatoms. The lowest BCUT2D eigenvalue weighted by Crippen LogP contribution is -2.25. The number of carboxylic acids is 1. The molecule has 0 aliphatic heterocycles. The summed E-state index contributed by atoms with van der Waals surface area (Å²) in [4.78, 5) is 28.6. The van der Waals surface area contributed by atoms with Crippen LogP contribution in [0.5, 0.6) is 11.5 Å². The van der Waals surface area contributed by atoms with Gasteiger partial charge in [-0.05, 0) is 58.8 Å². The molecule has 0 spiro atoms. The van der Waals surface area contributed by atoms with E-state index in [4.69, 9.17) is 14.6 Å². The highest BCUT2D eigenvalue weighted by molar-refractivity contribution is 9.10. The fourth-order valence-electron chi connectivity index (χ4n) is 3.14. The fourth-order valence-corrected chi connectivity index (χ4v) is 3.71. The van der Waals surface area contributed by atoms with Gasteiger partial charge in [0.25, 0.3) is 5.56 Å². The zero-order chi connectivity index (χ0) is 23.1. The smallest absolute Gasteiger partial charge is 0.305 e. The third-order valence-corrected chi connectivity index (χ3v) is 5.13. The van der Waals surface area contributed by atoms with E-state index < -0.39 is 5.97 Å². The quantitative estimate of drug-likeness (QED) is 0.405. The van der Waals surface area contributed by atoms with Gasteiger partial charge in [-0.15, -0.1) is 0 Å². The number of carbonyl (C=O) groups is 1. The Labute approximate surface area is 193 Å². The van der Waals surface area contributed by atoms with Crippen LogP contribution in [-0.4, -0.2) is 33.8 Å². The summed E-state index contributed by atoms with van der Waals surface area (Å²) in [6, 6.07) is 10.7. The molecule has 0 aliphatic carbocycles. The van der Waals surface area contributed by atoms with Crippen molar-refractivity contribution in [3.63, 3.8) is 0 Å². The molecule has 3 aromatic rings. The minimum Gasteiger partial charge on any atom is -0.490 e. The number of aromatic nitrogens is 2. The number of halogens is 1. The maximum Gasteiger partial charge on any atom is 0.305 e. The second-order valence-corrected chi connectivity index (χ2v) is 7.64. The Morgan fingerprint density at radius 2 is 2.03 bits per heavy atom. The Balaban J connectivity index is 2.05. The molecule has 1 aromatic heterocycles. The first kappa shape index (κ1) is 23.3. The first-order valence-electron chi connectivity index (χ1n) is 10.0. The van der Waals surface area contributed by atoms with Gasteiger partial charge in [-0.1, -0.05) is 30.9 Å². The summed E-state index contributed by atoms with van der Waals surface area (Å²) < 4.78 is 13.5. The molecule has 0 fully saturated rings. The lowest BCUT2D eigenvalue weighted by atomic mass is 10.1. The molecule has 0 bridgehead atoms. The highest BCUT2D eigenvalue weighted by Crippen LogP contribution is 2.37. The van der Waals surface area contributed by atoms with Crippen LogP contribution < -0.4 is 15.0 Å². The number of aliphatic carboxylic acids is 1. The summed E-state index contributed by atoms with van der Waals surface area (Å²) >= 11 is 3.51. The Kier molecular flexibility index (Phi) is 7.83. The molecule has 166 valence electrons. The van der Waals surface area contributed by atoms with Crippen molar-refractivity contribution in [2.75, 3.05) is 13.2 Å². The zero-order valence-electron chi connectivity index (χ0n) is 17.6. The van der Waals surface area contributed by atoms with Gasteiger partial charge in [0.05, 0.1) is 28.4 Å². The molecule has 0 atom stereocenters. The zero-order valence-corrected chi connectivity index (χ0v) is 19.2. The normalized spacial score (nSPS) is 11.1. The molecule has 0 saturated carbocycles. The van der Waals surface area contributed by atoms with E-state index in [-0.39, 0.29) is 18.5 Å². The van der Waals surface area contributed by atoms with E-state index in [0.29, 0.717) is 45.9 Å². The van der Waals surface area contributed by atoms with Gasteiger partial charge in [-0.25, -0.2) is 4.98 Å². The minimum absolute atomic E-state index is 0.0217. The molecule has 32 heavy (non-hydrogen) atoms. The molecule has 0 unspecified atom stereocenters. The second kappa shape index (κ2) is 10.8. The highest BCUT2D eigenvalue weighted by atomic mass is 79.9. The largest absolute Gasteiger partial charge is 0.490 e. The van der Waals surface area contributed by atoms with Gasteiger partial charge in [0.1, 0.15) is 12.4 Å². The van der Waals surface area contributed by atoms with Gasteiger partial charge in [0.15, 0.2) is 11.5 Å². The Morgan fingerprint density at radius 3 is 2.75 bits per heavy atom. The third-order valence-electron chi connectivity index (χ3n) is 4.54. The van der Waals surface area contributed by atoms with Gasteiger partial charge in [0.2, 0.25) is 0 Å². The lowest BCUT2D eigenvalue weighted by Gasteiger charge is -2.14. The molecule has 1 N–H and O–H groups in total. The first-order valence-corrected chi connectivity index (χ1v) is 10.8. The standard InChI is InChI=1S/C24H23BrN2O5/c1-3-13-32-23-18(25)14-16(15-20(23)31-4-2)9-10-21-26-19-8-6-5-7-17(19)24(30)27(21)12-11-22(28)29/h3,5-10,14-15H,1,4,11-13H2,2H3,(H,28,29). The molecule has 0 radical (unpaired) electrons. The average molecular weight is 499 g/mol. The minimum atomic E-state index is -0.986. The van der Waals surface area contributed by atoms with E-state index in [1.807, 2.05) is 19.1 Å². The van der Waals surface area contributed by atoms with Gasteiger partial charge in [-0.2, -0.15) is 0 Å². The van der Waals surface area contributed by atoms with Gasteiger partial charge < -0.3 is 14.6 Å². The molecule has 0 amide bonds. The molecule has 2 aromatic carbocycles. The molecule has 3 rings (SSSR count). The van der Waals surface area contributed by atoms with Crippen molar-refractivity contribution in [2.45, 2.75) is 19.9 Å². The Hall–Kier alpha value is -3.39. The predicted octanol–water partition coefficient (Wildman–Crippen LogP) is 4.77. The number of carboxylic acid groups (broad SMARTS) is 1. The van der Waals surface area contributed by atoms with Gasteiger partial charge in [-0.3, -0.25) is 14.2 Å². The van der Waals surface area contributed by atoms with E-state index in [2.05, 4.69) is 27.5 Å². The number of hydrogen-bond acceptors (Lipinski definition) is 5. The van der Waals surface area contributed by atoms with Crippen molar-refractivity contribution in [1.82, 2.24) is 9.55 Å². The Bertz CT molecular complexity index is 1230. The van der Waals surface area contributed by atoms with E-state index >= 15 is 0 Å². The lowest BCUT2D eigenvalue weighted by molar-refractivity contribution is -0.137. The van der Waals surface area contributed by atoms with E-state index in [1.54, 1.807) is 42.5 Å². The number of ether oxygens (including phenoxy) is 2. The van der Waals surface area contributed by atoms with Crippen LogP contribution in [-0.2, 0) is 11.3 Å². The summed E-state index contributed by atoms with van der Waals surface area (Å²) in [7, 11) is 0. The third kappa shape index (κ3) is 5.45. The van der Waals surface area contributed by atoms with Crippen molar-refractivity contribution < 1.29 is 19.4 Å². The summed E-state index contributed by atoms with van der Waals surface area (Å²) in [5.41, 5.74) is 1.06. The van der Waals surface area contributed by atoms with E-state index in [0.717, 1.165) is 5.56 Å². The topological polar surface area (TPSA) is 90.7 Å². The Morgan fingerprint density at radius 1 is 1.25 bits per heavy atom. The predicted molar refractivity (Wildman–Crippen MR) is 128 cm³/mol. The van der Waals surface area contributed by atoms with Crippen LogP contribution in [0, 0.1) is 0 Å². The molecule has 7 nitrogen and oxygen atoms in total. The number of benzene rings is 2. The van der Waals surface area contributed by atoms with E-state index in [1.165, 1.54) is 4.57 Å². The van der Waals surface area contributed by atoms with Crippen LogP contribution in [0.25, 0.3) is 23.1 Å². The number of hydrogen-bond donors (Lipinski definition) is 1. The number of nitrogens with zero attached hydrogens (tertiary/aromatic N) is 2. The number of fused-ring (bicyclic) bond motifs is 1. The molecule has 0 saturated heterocycles. The van der Waals surface area contributed by atoms with Crippen molar-refractivity contribution in [1.29, 1.82) is 0 Å². The van der Waals surface area contributed by atoms with Crippen molar-refractivity contribution in [3.8, 4) is 11.5 Å². The van der Waals surface area contributed by atoms with Crippen molar-refractivity contribution in [3.05, 3.63) is 75.3 Å². The monoisotopic (exact) mass is 498 g/mol. The van der Waals surface area contributed by atoms with Crippen LogP contribution in [0.1, 0.15) is 24.7 Å². The summed E-state index contributed by atoms with van der Waals surface area (Å²) in [6.45, 7) is 6.37. The summed E-state index contributed by atoms with van der Waals surface area (Å²) in [5.74, 6) is 0.528. The molecular formula is C24H23BrN2O5. The number of rotatable bonds is 10. The van der Waals surface area contributed by atoms with Crippen molar-refractivity contribution in [2.24, 2.45) is 0 Å². The average Bonchev–Trinajstić information content (AvgIpc) is 2.77. The van der Waals surface area contributed by atoms with Crippen molar-refractivity contribution >= 4 is 45.0 Å². The molecule has 1 heterocycles. The second-order valence-electron chi connectivity index (χ2n) is 6.78.